The summed E-state index contributed by atoms with van der Waals surface area (Å²) in [5.41, 5.74) is 0.689. The van der Waals surface area contributed by atoms with Crippen molar-refractivity contribution in [3.05, 3.63) is 48.5 Å². The Morgan fingerprint density at radius 2 is 1.72 bits per heavy atom. The lowest BCUT2D eigenvalue weighted by Gasteiger charge is -2.23. The zero-order valence-electron chi connectivity index (χ0n) is 16.6. The van der Waals surface area contributed by atoms with Crippen molar-refractivity contribution in [2.45, 2.75) is 38.1 Å². The van der Waals surface area contributed by atoms with Gasteiger partial charge in [0.25, 0.3) is 0 Å². The minimum Gasteiger partial charge on any atom is -0.493 e. The molecule has 1 aliphatic heterocycles. The Bertz CT molecular complexity index is 875. The van der Waals surface area contributed by atoms with Gasteiger partial charge in [-0.15, -0.1) is 0 Å². The predicted molar refractivity (Wildman–Crippen MR) is 110 cm³/mol. The van der Waals surface area contributed by atoms with Crippen LogP contribution in [0.15, 0.2) is 48.5 Å². The van der Waals surface area contributed by atoms with Gasteiger partial charge in [0.05, 0.1) is 13.0 Å². The maximum Gasteiger partial charge on any atom is 0.229 e. The van der Waals surface area contributed by atoms with Gasteiger partial charge in [0, 0.05) is 24.7 Å². The molecule has 1 aliphatic carbocycles. The van der Waals surface area contributed by atoms with Crippen molar-refractivity contribution in [3.63, 3.8) is 0 Å². The molecule has 2 fully saturated rings. The van der Waals surface area contributed by atoms with Gasteiger partial charge >= 0.3 is 0 Å². The summed E-state index contributed by atoms with van der Waals surface area (Å²) in [6.45, 7) is 0.532. The summed E-state index contributed by atoms with van der Waals surface area (Å²) < 4.78 is 11.1. The molecule has 2 amide bonds. The normalized spacial score (nSPS) is 19.4. The number of hydrogen-bond donors (Lipinski definition) is 1. The third kappa shape index (κ3) is 4.36. The van der Waals surface area contributed by atoms with Gasteiger partial charge < -0.3 is 19.7 Å². The van der Waals surface area contributed by atoms with Gasteiger partial charge in [-0.25, -0.2) is 0 Å². The van der Waals surface area contributed by atoms with Crippen molar-refractivity contribution >= 4 is 17.5 Å². The van der Waals surface area contributed by atoms with Crippen molar-refractivity contribution in [1.82, 2.24) is 4.90 Å². The molecule has 2 aliphatic rings. The maximum absolute atomic E-state index is 12.6. The standard InChI is InChI=1S/C23H26N2O4/c1-28-20-8-4-5-9-21(20)29-19-12-10-17(11-13-19)24-23(27)16-14-22(26)25(15-16)18-6-2-3-7-18/h4-5,8-13,16,18H,2-3,6-7,14-15H2,1H3,(H,24,27). The minimum absolute atomic E-state index is 0.0998. The van der Waals surface area contributed by atoms with Crippen LogP contribution < -0.4 is 14.8 Å². The van der Waals surface area contributed by atoms with E-state index in [0.29, 0.717) is 41.9 Å². The van der Waals surface area contributed by atoms with E-state index >= 15 is 0 Å². The van der Waals surface area contributed by atoms with Crippen LogP contribution in [0.1, 0.15) is 32.1 Å². The van der Waals surface area contributed by atoms with E-state index in [4.69, 9.17) is 9.47 Å². The maximum atomic E-state index is 12.6. The number of carbonyl (C=O) groups is 2. The number of methoxy groups -OCH3 is 1. The van der Waals surface area contributed by atoms with Crippen molar-refractivity contribution < 1.29 is 19.1 Å². The van der Waals surface area contributed by atoms with Crippen LogP contribution in [0, 0.1) is 5.92 Å². The van der Waals surface area contributed by atoms with Crippen LogP contribution in [-0.4, -0.2) is 36.4 Å². The number of rotatable bonds is 6. The third-order valence-corrected chi connectivity index (χ3v) is 5.71. The molecule has 1 saturated carbocycles. The van der Waals surface area contributed by atoms with Gasteiger partial charge in [0.1, 0.15) is 5.75 Å². The SMILES string of the molecule is COc1ccccc1Oc1ccc(NC(=O)C2CC(=O)N(C3CCCC3)C2)cc1. The molecule has 1 N–H and O–H groups in total. The molecule has 0 aromatic heterocycles. The van der Waals surface area contributed by atoms with E-state index < -0.39 is 0 Å². The fraction of sp³-hybridized carbons (Fsp3) is 0.391. The summed E-state index contributed by atoms with van der Waals surface area (Å²) in [5, 5.41) is 2.93. The van der Waals surface area contributed by atoms with E-state index in [9.17, 15) is 9.59 Å². The summed E-state index contributed by atoms with van der Waals surface area (Å²) in [4.78, 5) is 26.9. The number of nitrogens with one attached hydrogen (secondary N) is 1. The molecule has 1 atom stereocenters. The number of likely N-dealkylation sites (tertiary alicyclic amines) is 1. The van der Waals surface area contributed by atoms with Gasteiger partial charge in [-0.3, -0.25) is 9.59 Å². The van der Waals surface area contributed by atoms with Crippen LogP contribution in [-0.2, 0) is 9.59 Å². The van der Waals surface area contributed by atoms with E-state index in [2.05, 4.69) is 5.32 Å². The summed E-state index contributed by atoms with van der Waals surface area (Å²) in [6.07, 6.45) is 4.78. The largest absolute Gasteiger partial charge is 0.493 e. The Labute approximate surface area is 170 Å². The van der Waals surface area contributed by atoms with Crippen LogP contribution in [0.25, 0.3) is 0 Å². The Kier molecular flexibility index (Phi) is 5.69. The summed E-state index contributed by atoms with van der Waals surface area (Å²) in [5.74, 6) is 1.66. The van der Waals surface area contributed by atoms with E-state index in [1.165, 1.54) is 12.8 Å². The average Bonchev–Trinajstić information content (AvgIpc) is 3.39. The molecule has 1 saturated heterocycles. The minimum atomic E-state index is -0.285. The number of benzene rings is 2. The summed E-state index contributed by atoms with van der Waals surface area (Å²) >= 11 is 0. The van der Waals surface area contributed by atoms with Gasteiger partial charge in [-0.2, -0.15) is 0 Å². The first-order valence-corrected chi connectivity index (χ1v) is 10.2. The van der Waals surface area contributed by atoms with Crippen molar-refractivity contribution in [3.8, 4) is 17.2 Å². The van der Waals surface area contributed by atoms with Gasteiger partial charge in [-0.1, -0.05) is 25.0 Å². The molecule has 1 heterocycles. The monoisotopic (exact) mass is 394 g/mol. The molecule has 2 aromatic rings. The first-order valence-electron chi connectivity index (χ1n) is 10.2. The molecule has 152 valence electrons. The topological polar surface area (TPSA) is 67.9 Å². The van der Waals surface area contributed by atoms with Crippen molar-refractivity contribution in [2.24, 2.45) is 5.92 Å². The zero-order valence-corrected chi connectivity index (χ0v) is 16.6. The van der Waals surface area contributed by atoms with Gasteiger partial charge in [0.2, 0.25) is 11.8 Å². The van der Waals surface area contributed by atoms with Crippen molar-refractivity contribution in [1.29, 1.82) is 0 Å². The molecular weight excluding hydrogens is 368 g/mol. The molecule has 29 heavy (non-hydrogen) atoms. The Morgan fingerprint density at radius 1 is 1.03 bits per heavy atom. The highest BCUT2D eigenvalue weighted by atomic mass is 16.5. The highest BCUT2D eigenvalue weighted by Gasteiger charge is 2.38. The van der Waals surface area contributed by atoms with E-state index in [1.54, 1.807) is 31.4 Å². The van der Waals surface area contributed by atoms with E-state index in [0.717, 1.165) is 12.8 Å². The van der Waals surface area contributed by atoms with Crippen LogP contribution in [0.3, 0.4) is 0 Å². The number of ether oxygens (including phenoxy) is 2. The first-order chi connectivity index (χ1) is 14.1. The number of nitrogens with zero attached hydrogens (tertiary/aromatic N) is 1. The van der Waals surface area contributed by atoms with Gasteiger partial charge in [0.15, 0.2) is 11.5 Å². The zero-order chi connectivity index (χ0) is 20.2. The van der Waals surface area contributed by atoms with E-state index in [-0.39, 0.29) is 17.7 Å². The Balaban J connectivity index is 1.35. The highest BCUT2D eigenvalue weighted by Crippen LogP contribution is 2.32. The molecule has 0 bridgehead atoms. The molecule has 4 rings (SSSR count). The van der Waals surface area contributed by atoms with Gasteiger partial charge in [-0.05, 0) is 49.2 Å². The lowest BCUT2D eigenvalue weighted by molar-refractivity contribution is -0.129. The van der Waals surface area contributed by atoms with E-state index in [1.807, 2.05) is 29.2 Å². The number of hydrogen-bond acceptors (Lipinski definition) is 4. The number of amides is 2. The smallest absolute Gasteiger partial charge is 0.229 e. The van der Waals surface area contributed by atoms with Crippen LogP contribution >= 0.6 is 0 Å². The molecule has 1 unspecified atom stereocenters. The third-order valence-electron chi connectivity index (χ3n) is 5.71. The lowest BCUT2D eigenvalue weighted by Crippen LogP contribution is -2.35. The molecule has 6 nitrogen and oxygen atoms in total. The number of carbonyl (C=O) groups excluding carboxylic acids is 2. The fourth-order valence-electron chi connectivity index (χ4n) is 4.16. The highest BCUT2D eigenvalue weighted by molar-refractivity contribution is 5.97. The molecule has 0 spiro atoms. The van der Waals surface area contributed by atoms with Crippen LogP contribution in [0.4, 0.5) is 5.69 Å². The second-order valence-corrected chi connectivity index (χ2v) is 7.65. The predicted octanol–water partition coefficient (Wildman–Crippen LogP) is 4.22. The van der Waals surface area contributed by atoms with Crippen LogP contribution in [0.2, 0.25) is 0 Å². The lowest BCUT2D eigenvalue weighted by atomic mass is 10.1. The second-order valence-electron chi connectivity index (χ2n) is 7.65. The Hall–Kier alpha value is -3.02. The van der Waals surface area contributed by atoms with Crippen molar-refractivity contribution in [2.75, 3.05) is 19.0 Å². The van der Waals surface area contributed by atoms with Crippen LogP contribution in [0.5, 0.6) is 17.2 Å². The second kappa shape index (κ2) is 8.55. The Morgan fingerprint density at radius 3 is 2.41 bits per heavy atom. The quantitative estimate of drug-likeness (QED) is 0.797. The molecule has 2 aromatic carbocycles. The number of para-hydroxylation sites is 2. The molecule has 6 heteroatoms. The first kappa shape index (κ1) is 19.3. The molecule has 0 radical (unpaired) electrons. The summed E-state index contributed by atoms with van der Waals surface area (Å²) in [7, 11) is 1.60. The average molecular weight is 394 g/mol. The number of anilines is 1. The molecular formula is C23H26N2O4. The summed E-state index contributed by atoms with van der Waals surface area (Å²) in [6, 6.07) is 15.0. The fourth-order valence-corrected chi connectivity index (χ4v) is 4.16.